The first kappa shape index (κ1) is 18.7. The molecule has 0 aliphatic carbocycles. The number of fused-ring (bicyclic) bond motifs is 2. The second kappa shape index (κ2) is 6.86. The van der Waals surface area contributed by atoms with Crippen molar-refractivity contribution in [3.63, 3.8) is 0 Å². The summed E-state index contributed by atoms with van der Waals surface area (Å²) in [4.78, 5) is 41.5. The van der Waals surface area contributed by atoms with Gasteiger partial charge in [-0.1, -0.05) is 6.07 Å². The van der Waals surface area contributed by atoms with Crippen molar-refractivity contribution in [2.75, 3.05) is 11.9 Å². The van der Waals surface area contributed by atoms with Crippen molar-refractivity contribution < 1.29 is 23.2 Å². The summed E-state index contributed by atoms with van der Waals surface area (Å²) in [6.45, 7) is 0.425. The van der Waals surface area contributed by atoms with Crippen LogP contribution >= 0.6 is 0 Å². The van der Waals surface area contributed by atoms with E-state index in [9.17, 15) is 18.8 Å². The molecule has 1 aromatic carbocycles. The van der Waals surface area contributed by atoms with Crippen LogP contribution in [-0.4, -0.2) is 39.3 Å². The number of nitrogens with one attached hydrogen (secondary N) is 1. The molecule has 2 aromatic rings. The molecule has 0 spiro atoms. The van der Waals surface area contributed by atoms with E-state index in [1.165, 1.54) is 0 Å². The molecule has 30 heavy (non-hydrogen) atoms. The van der Waals surface area contributed by atoms with Crippen LogP contribution < -0.4 is 5.32 Å². The van der Waals surface area contributed by atoms with E-state index >= 15 is 4.39 Å². The van der Waals surface area contributed by atoms with Crippen LogP contribution in [0.3, 0.4) is 0 Å². The number of piperidine rings is 1. The molecule has 7 nitrogen and oxygen atoms in total. The normalized spacial score (nSPS) is 18.4. The number of carbonyl (C=O) groups excluding carboxylic acids is 3. The molecular formula is C21H18F2N4O3. The van der Waals surface area contributed by atoms with E-state index in [1.807, 2.05) is 0 Å². The van der Waals surface area contributed by atoms with Crippen molar-refractivity contribution in [3.05, 3.63) is 46.5 Å². The Hall–Kier alpha value is -3.36. The lowest BCUT2D eigenvalue weighted by atomic mass is 10.00. The Labute approximate surface area is 170 Å². The van der Waals surface area contributed by atoms with Crippen LogP contribution in [0.25, 0.3) is 11.3 Å². The summed E-state index contributed by atoms with van der Waals surface area (Å²) in [6, 6.07) is 4.31. The molecule has 9 heteroatoms. The molecule has 1 N–H and O–H groups in total. The molecule has 3 amide bonds. The fourth-order valence-corrected chi connectivity index (χ4v) is 4.24. The second-order valence-corrected chi connectivity index (χ2v) is 7.62. The first-order valence-electron chi connectivity index (χ1n) is 9.88. The van der Waals surface area contributed by atoms with Crippen LogP contribution in [0.4, 0.5) is 14.6 Å². The monoisotopic (exact) mass is 412 g/mol. The zero-order valence-corrected chi connectivity index (χ0v) is 16.0. The molecule has 5 rings (SSSR count). The number of anilines is 1. The number of imide groups is 1. The number of hydrogen-bond donors (Lipinski definition) is 1. The first-order valence-corrected chi connectivity index (χ1v) is 9.88. The van der Waals surface area contributed by atoms with E-state index in [-0.39, 0.29) is 41.8 Å². The summed E-state index contributed by atoms with van der Waals surface area (Å²) in [5.41, 5.74) is 0.549. The van der Waals surface area contributed by atoms with Gasteiger partial charge in [0.25, 0.3) is 5.91 Å². The lowest BCUT2D eigenvalue weighted by Crippen LogP contribution is -2.52. The number of carbonyl (C=O) groups is 3. The first-order chi connectivity index (χ1) is 14.5. The van der Waals surface area contributed by atoms with Gasteiger partial charge in [-0.2, -0.15) is 5.01 Å². The highest BCUT2D eigenvalue weighted by atomic mass is 19.1. The Bertz CT molecular complexity index is 1100. The van der Waals surface area contributed by atoms with Crippen molar-refractivity contribution in [1.29, 1.82) is 0 Å². The van der Waals surface area contributed by atoms with Gasteiger partial charge in [0.05, 0.1) is 23.4 Å². The molecule has 0 saturated carbocycles. The van der Waals surface area contributed by atoms with Crippen LogP contribution in [0.2, 0.25) is 0 Å². The third kappa shape index (κ3) is 2.76. The lowest BCUT2D eigenvalue weighted by Gasteiger charge is -2.32. The predicted octanol–water partition coefficient (Wildman–Crippen LogP) is 2.79. The van der Waals surface area contributed by atoms with Crippen molar-refractivity contribution in [3.8, 4) is 11.3 Å². The largest absolute Gasteiger partial charge is 0.370 e. The molecule has 0 bridgehead atoms. The van der Waals surface area contributed by atoms with Crippen LogP contribution in [0.5, 0.6) is 0 Å². The molecule has 1 saturated heterocycles. The second-order valence-electron chi connectivity index (χ2n) is 7.62. The number of hydrogen-bond acceptors (Lipinski definition) is 5. The maximum absolute atomic E-state index is 15.4. The van der Waals surface area contributed by atoms with E-state index in [0.29, 0.717) is 12.2 Å². The van der Waals surface area contributed by atoms with Gasteiger partial charge in [-0.05, 0) is 37.0 Å². The van der Waals surface area contributed by atoms with Crippen LogP contribution in [0.1, 0.15) is 47.2 Å². The van der Waals surface area contributed by atoms with E-state index in [0.717, 1.165) is 41.0 Å². The highest BCUT2D eigenvalue weighted by molar-refractivity contribution is 6.05. The summed E-state index contributed by atoms with van der Waals surface area (Å²) in [5, 5.41) is 4.80. The number of amides is 3. The van der Waals surface area contributed by atoms with Gasteiger partial charge in [0.15, 0.2) is 0 Å². The molecule has 1 fully saturated rings. The Kier molecular flexibility index (Phi) is 4.27. The molecule has 0 atom stereocenters. The van der Waals surface area contributed by atoms with Gasteiger partial charge in [0, 0.05) is 24.9 Å². The summed E-state index contributed by atoms with van der Waals surface area (Å²) < 4.78 is 30.3. The van der Waals surface area contributed by atoms with E-state index in [1.54, 1.807) is 12.1 Å². The number of pyridine rings is 1. The molecule has 3 aliphatic rings. The van der Waals surface area contributed by atoms with E-state index in [4.69, 9.17) is 0 Å². The number of hydrazine groups is 1. The third-order valence-electron chi connectivity index (χ3n) is 5.74. The summed E-state index contributed by atoms with van der Waals surface area (Å²) >= 11 is 0. The maximum Gasteiger partial charge on any atom is 0.273 e. The SMILES string of the molecule is O=C1c2cc(F)c(-c3ccc4c(n3)NCCC4)c(F)c2CN1N1C(=O)CCCC1=O. The molecule has 4 heterocycles. The zero-order valence-electron chi connectivity index (χ0n) is 16.0. The Morgan fingerprint density at radius 3 is 2.53 bits per heavy atom. The highest BCUT2D eigenvalue weighted by Gasteiger charge is 2.41. The summed E-state index contributed by atoms with van der Waals surface area (Å²) in [7, 11) is 0. The van der Waals surface area contributed by atoms with Crippen molar-refractivity contribution in [2.45, 2.75) is 38.6 Å². The average molecular weight is 412 g/mol. The molecule has 0 radical (unpaired) electrons. The summed E-state index contributed by atoms with van der Waals surface area (Å²) in [5.74, 6) is -3.02. The number of aromatic nitrogens is 1. The van der Waals surface area contributed by atoms with Gasteiger partial charge in [-0.15, -0.1) is 0 Å². The fourth-order valence-electron chi connectivity index (χ4n) is 4.24. The van der Waals surface area contributed by atoms with Gasteiger partial charge >= 0.3 is 0 Å². The van der Waals surface area contributed by atoms with E-state index < -0.39 is 29.4 Å². The average Bonchev–Trinajstić information content (AvgIpc) is 3.04. The smallest absolute Gasteiger partial charge is 0.273 e. The molecular weight excluding hydrogens is 394 g/mol. The Morgan fingerprint density at radius 2 is 1.77 bits per heavy atom. The summed E-state index contributed by atoms with van der Waals surface area (Å²) in [6.07, 6.45) is 2.46. The number of aryl methyl sites for hydroxylation is 1. The molecule has 0 unspecified atom stereocenters. The number of rotatable bonds is 2. The number of nitrogens with zero attached hydrogens (tertiary/aromatic N) is 3. The zero-order chi connectivity index (χ0) is 21.0. The van der Waals surface area contributed by atoms with Crippen molar-refractivity contribution in [1.82, 2.24) is 15.0 Å². The predicted molar refractivity (Wildman–Crippen MR) is 102 cm³/mol. The Morgan fingerprint density at radius 1 is 1.00 bits per heavy atom. The number of benzene rings is 1. The highest BCUT2D eigenvalue weighted by Crippen LogP contribution is 2.36. The number of halogens is 2. The molecule has 1 aromatic heterocycles. The van der Waals surface area contributed by atoms with Crippen molar-refractivity contribution in [2.24, 2.45) is 0 Å². The van der Waals surface area contributed by atoms with Gasteiger partial charge in [-0.25, -0.2) is 18.8 Å². The van der Waals surface area contributed by atoms with E-state index in [2.05, 4.69) is 10.3 Å². The minimum atomic E-state index is -0.916. The molecule has 154 valence electrons. The Balaban J connectivity index is 1.56. The van der Waals surface area contributed by atoms with Crippen LogP contribution in [0.15, 0.2) is 18.2 Å². The minimum absolute atomic E-state index is 0.0462. The quantitative estimate of drug-likeness (QED) is 0.767. The minimum Gasteiger partial charge on any atom is -0.370 e. The van der Waals surface area contributed by atoms with Crippen LogP contribution in [-0.2, 0) is 22.6 Å². The molecule has 3 aliphatic heterocycles. The standard InChI is InChI=1S/C21H18F2N4O3/c22-14-9-12-13(10-26(21(12)30)27-16(28)4-1-5-17(27)29)19(23)18(14)15-7-6-11-3-2-8-24-20(11)25-15/h6-7,9H,1-5,8,10H2,(H,24,25). The maximum atomic E-state index is 15.4. The van der Waals surface area contributed by atoms with Crippen molar-refractivity contribution >= 4 is 23.5 Å². The lowest BCUT2D eigenvalue weighted by molar-refractivity contribution is -0.163. The topological polar surface area (TPSA) is 82.6 Å². The third-order valence-corrected chi connectivity index (χ3v) is 5.74. The van der Waals surface area contributed by atoms with Crippen LogP contribution in [0, 0.1) is 11.6 Å². The van der Waals surface area contributed by atoms with Gasteiger partial charge in [0.1, 0.15) is 17.5 Å². The van der Waals surface area contributed by atoms with Gasteiger partial charge in [0.2, 0.25) is 11.8 Å². The fraction of sp³-hybridized carbons (Fsp3) is 0.333. The van der Waals surface area contributed by atoms with Gasteiger partial charge < -0.3 is 5.32 Å². The van der Waals surface area contributed by atoms with Gasteiger partial charge in [-0.3, -0.25) is 14.4 Å².